The summed E-state index contributed by atoms with van der Waals surface area (Å²) in [6.07, 6.45) is 1.85. The number of ether oxygens (including phenoxy) is 1. The third kappa shape index (κ3) is 4.67. The number of carbonyl (C=O) groups excluding carboxylic acids is 1. The molecule has 1 heterocycles. The molecule has 3 rings (SSSR count). The number of hydrogen-bond donors (Lipinski definition) is 2. The van der Waals surface area contributed by atoms with Crippen LogP contribution in [-0.4, -0.2) is 28.7 Å². The summed E-state index contributed by atoms with van der Waals surface area (Å²) in [5.41, 5.74) is 2.76. The van der Waals surface area contributed by atoms with Crippen molar-refractivity contribution in [1.29, 1.82) is 0 Å². The fraction of sp³-hybridized carbons (Fsp3) is 0.238. The van der Waals surface area contributed by atoms with E-state index >= 15 is 0 Å². The molecule has 140 valence electrons. The molecule has 6 heteroatoms. The van der Waals surface area contributed by atoms with E-state index in [9.17, 15) is 4.79 Å². The molecule has 2 aromatic carbocycles. The molecular formula is C21H24N4O2. The number of imidazole rings is 1. The molecule has 1 aromatic heterocycles. The number of nitrogens with zero attached hydrogens (tertiary/aromatic N) is 2. The van der Waals surface area contributed by atoms with Gasteiger partial charge in [0, 0.05) is 30.5 Å². The van der Waals surface area contributed by atoms with Crippen molar-refractivity contribution < 1.29 is 9.53 Å². The average Bonchev–Trinajstić information content (AvgIpc) is 3.05. The van der Waals surface area contributed by atoms with Gasteiger partial charge in [-0.25, -0.2) is 9.78 Å². The van der Waals surface area contributed by atoms with E-state index in [1.165, 1.54) is 0 Å². The predicted molar refractivity (Wildman–Crippen MR) is 107 cm³/mol. The monoisotopic (exact) mass is 364 g/mol. The summed E-state index contributed by atoms with van der Waals surface area (Å²) in [5.74, 6) is 1.56. The normalized spacial score (nSPS) is 10.4. The lowest BCUT2D eigenvalue weighted by molar-refractivity contribution is 0.251. The van der Waals surface area contributed by atoms with Crippen molar-refractivity contribution in [1.82, 2.24) is 14.9 Å². The highest BCUT2D eigenvalue weighted by molar-refractivity contribution is 5.90. The molecule has 27 heavy (non-hydrogen) atoms. The molecule has 2 N–H and O–H groups in total. The number of hydrogen-bond acceptors (Lipinski definition) is 3. The smallest absolute Gasteiger partial charge is 0.319 e. The van der Waals surface area contributed by atoms with Gasteiger partial charge in [0.15, 0.2) is 0 Å². The van der Waals surface area contributed by atoms with Crippen LogP contribution in [0, 0.1) is 6.92 Å². The second-order valence-corrected chi connectivity index (χ2v) is 6.05. The molecule has 0 atom stereocenters. The summed E-state index contributed by atoms with van der Waals surface area (Å²) in [6, 6.07) is 17.2. The minimum Gasteiger partial charge on any atom is -0.492 e. The first-order chi connectivity index (χ1) is 13.2. The summed E-state index contributed by atoms with van der Waals surface area (Å²) in [7, 11) is 0. The van der Waals surface area contributed by atoms with E-state index in [4.69, 9.17) is 4.74 Å². The highest BCUT2D eigenvalue weighted by Crippen LogP contribution is 2.23. The Morgan fingerprint density at radius 1 is 1.11 bits per heavy atom. The van der Waals surface area contributed by atoms with E-state index in [-0.39, 0.29) is 6.03 Å². The standard InChI is InChI=1S/C21H24N4O2/c1-3-27-19-12-8-7-11-18(19)24-21(26)22-13-14-25-16(2)15-23-20(25)17-9-5-4-6-10-17/h4-12,15H,3,13-14H2,1-2H3,(H2,22,24,26). The topological polar surface area (TPSA) is 68.2 Å². The minimum atomic E-state index is -0.263. The average molecular weight is 364 g/mol. The summed E-state index contributed by atoms with van der Waals surface area (Å²) >= 11 is 0. The molecule has 2 amide bonds. The molecule has 0 radical (unpaired) electrons. The highest BCUT2D eigenvalue weighted by Gasteiger charge is 2.10. The molecule has 0 saturated heterocycles. The van der Waals surface area contributed by atoms with Gasteiger partial charge in [-0.3, -0.25) is 0 Å². The van der Waals surface area contributed by atoms with Crippen molar-refractivity contribution in [3.05, 3.63) is 66.5 Å². The Morgan fingerprint density at radius 2 is 1.85 bits per heavy atom. The molecule has 0 aliphatic rings. The summed E-state index contributed by atoms with van der Waals surface area (Å²) in [5, 5.41) is 5.73. The van der Waals surface area contributed by atoms with Crippen LogP contribution in [0.2, 0.25) is 0 Å². The first-order valence-corrected chi connectivity index (χ1v) is 9.03. The van der Waals surface area contributed by atoms with Crippen molar-refractivity contribution >= 4 is 11.7 Å². The summed E-state index contributed by atoms with van der Waals surface area (Å²) in [4.78, 5) is 16.7. The number of nitrogens with one attached hydrogen (secondary N) is 2. The van der Waals surface area contributed by atoms with Crippen molar-refractivity contribution in [2.75, 3.05) is 18.5 Å². The van der Waals surface area contributed by atoms with Gasteiger partial charge in [-0.05, 0) is 26.0 Å². The molecule has 6 nitrogen and oxygen atoms in total. The number of rotatable bonds is 7. The van der Waals surface area contributed by atoms with E-state index in [1.54, 1.807) is 0 Å². The fourth-order valence-electron chi connectivity index (χ4n) is 2.86. The zero-order valence-corrected chi connectivity index (χ0v) is 15.6. The SMILES string of the molecule is CCOc1ccccc1NC(=O)NCCn1c(C)cnc1-c1ccccc1. The second kappa shape index (κ2) is 8.89. The van der Waals surface area contributed by atoms with Crippen LogP contribution in [0.25, 0.3) is 11.4 Å². The van der Waals surface area contributed by atoms with Gasteiger partial charge in [0.05, 0.1) is 12.3 Å². The molecular weight excluding hydrogens is 340 g/mol. The van der Waals surface area contributed by atoms with E-state index in [0.29, 0.717) is 31.1 Å². The number of carbonyl (C=O) groups is 1. The Hall–Kier alpha value is -3.28. The molecule has 0 saturated carbocycles. The van der Waals surface area contributed by atoms with Crippen molar-refractivity contribution in [2.24, 2.45) is 0 Å². The summed E-state index contributed by atoms with van der Waals surface area (Å²) < 4.78 is 7.63. The van der Waals surface area contributed by atoms with Gasteiger partial charge in [0.25, 0.3) is 0 Å². The van der Waals surface area contributed by atoms with Crippen molar-refractivity contribution in [3.63, 3.8) is 0 Å². The maximum absolute atomic E-state index is 12.2. The Labute approximate surface area is 159 Å². The van der Waals surface area contributed by atoms with Crippen LogP contribution in [0.4, 0.5) is 10.5 Å². The Kier molecular flexibility index (Phi) is 6.10. The molecule has 0 aliphatic heterocycles. The van der Waals surface area contributed by atoms with Gasteiger partial charge in [-0.2, -0.15) is 0 Å². The van der Waals surface area contributed by atoms with Gasteiger partial charge < -0.3 is 19.9 Å². The predicted octanol–water partition coefficient (Wildman–Crippen LogP) is 4.08. The molecule has 0 spiro atoms. The highest BCUT2D eigenvalue weighted by atomic mass is 16.5. The maximum Gasteiger partial charge on any atom is 0.319 e. The van der Waals surface area contributed by atoms with E-state index in [0.717, 1.165) is 17.1 Å². The van der Waals surface area contributed by atoms with Gasteiger partial charge >= 0.3 is 6.03 Å². The number of amides is 2. The van der Waals surface area contributed by atoms with Crippen LogP contribution in [0.1, 0.15) is 12.6 Å². The van der Waals surface area contributed by atoms with E-state index in [2.05, 4.69) is 20.2 Å². The Morgan fingerprint density at radius 3 is 2.63 bits per heavy atom. The third-order valence-electron chi connectivity index (χ3n) is 4.14. The van der Waals surface area contributed by atoms with Crippen molar-refractivity contribution in [3.8, 4) is 17.1 Å². The molecule has 0 bridgehead atoms. The third-order valence-corrected chi connectivity index (χ3v) is 4.14. The van der Waals surface area contributed by atoms with Crippen LogP contribution in [0.15, 0.2) is 60.8 Å². The van der Waals surface area contributed by atoms with Gasteiger partial charge in [0.2, 0.25) is 0 Å². The van der Waals surface area contributed by atoms with Crippen LogP contribution in [0.5, 0.6) is 5.75 Å². The summed E-state index contributed by atoms with van der Waals surface area (Å²) in [6.45, 7) is 5.59. The van der Waals surface area contributed by atoms with Gasteiger partial charge in [-0.15, -0.1) is 0 Å². The quantitative estimate of drug-likeness (QED) is 0.664. The van der Waals surface area contributed by atoms with Crippen molar-refractivity contribution in [2.45, 2.75) is 20.4 Å². The molecule has 3 aromatic rings. The lowest BCUT2D eigenvalue weighted by atomic mass is 10.2. The van der Waals surface area contributed by atoms with Crippen LogP contribution >= 0.6 is 0 Å². The van der Waals surface area contributed by atoms with E-state index in [1.807, 2.05) is 74.6 Å². The van der Waals surface area contributed by atoms with E-state index < -0.39 is 0 Å². The number of anilines is 1. The minimum absolute atomic E-state index is 0.263. The number of aryl methyl sites for hydroxylation is 1. The zero-order chi connectivity index (χ0) is 19.1. The fourth-order valence-corrected chi connectivity index (χ4v) is 2.86. The maximum atomic E-state index is 12.2. The number of benzene rings is 2. The number of aromatic nitrogens is 2. The first kappa shape index (κ1) is 18.5. The molecule has 0 unspecified atom stereocenters. The lowest BCUT2D eigenvalue weighted by Gasteiger charge is -2.13. The van der Waals surface area contributed by atoms with Crippen LogP contribution < -0.4 is 15.4 Å². The van der Waals surface area contributed by atoms with Gasteiger partial charge in [0.1, 0.15) is 11.6 Å². The first-order valence-electron chi connectivity index (χ1n) is 9.03. The number of urea groups is 1. The second-order valence-electron chi connectivity index (χ2n) is 6.05. The Bertz CT molecular complexity index is 890. The number of para-hydroxylation sites is 2. The Balaban J connectivity index is 1.59. The molecule has 0 fully saturated rings. The molecule has 0 aliphatic carbocycles. The van der Waals surface area contributed by atoms with Crippen LogP contribution in [-0.2, 0) is 6.54 Å². The van der Waals surface area contributed by atoms with Gasteiger partial charge in [-0.1, -0.05) is 42.5 Å². The zero-order valence-electron chi connectivity index (χ0n) is 15.6. The lowest BCUT2D eigenvalue weighted by Crippen LogP contribution is -2.31. The largest absolute Gasteiger partial charge is 0.492 e. The van der Waals surface area contributed by atoms with Crippen LogP contribution in [0.3, 0.4) is 0 Å².